The van der Waals surface area contributed by atoms with Crippen molar-refractivity contribution in [3.8, 4) is 17.2 Å². The zero-order chi connectivity index (χ0) is 18.6. The molecule has 0 bridgehead atoms. The zero-order valence-electron chi connectivity index (χ0n) is 14.1. The SMILES string of the molecule is O=C(C=Cc1ccc2c(c1)OCO2)c1ccc(OC(=O)c2cccs2)cc1. The second-order valence-electron chi connectivity index (χ2n) is 5.70. The lowest BCUT2D eigenvalue weighted by molar-refractivity contribution is 0.0740. The summed E-state index contributed by atoms with van der Waals surface area (Å²) < 4.78 is 15.9. The maximum atomic E-state index is 12.3. The molecule has 0 N–H and O–H groups in total. The van der Waals surface area contributed by atoms with E-state index < -0.39 is 5.97 Å². The van der Waals surface area contributed by atoms with Gasteiger partial charge in [-0.15, -0.1) is 11.3 Å². The molecule has 0 atom stereocenters. The zero-order valence-corrected chi connectivity index (χ0v) is 14.9. The molecular weight excluding hydrogens is 364 g/mol. The topological polar surface area (TPSA) is 61.8 Å². The molecule has 3 aromatic rings. The Balaban J connectivity index is 1.41. The number of esters is 1. The van der Waals surface area contributed by atoms with Crippen LogP contribution in [-0.4, -0.2) is 18.5 Å². The summed E-state index contributed by atoms with van der Waals surface area (Å²) >= 11 is 1.32. The molecule has 0 unspecified atom stereocenters. The minimum absolute atomic E-state index is 0.149. The van der Waals surface area contributed by atoms with Crippen molar-refractivity contribution in [3.63, 3.8) is 0 Å². The van der Waals surface area contributed by atoms with Gasteiger partial charge in [0, 0.05) is 5.56 Å². The van der Waals surface area contributed by atoms with E-state index in [4.69, 9.17) is 14.2 Å². The van der Waals surface area contributed by atoms with Gasteiger partial charge in [-0.2, -0.15) is 0 Å². The Morgan fingerprint density at radius 1 is 1.00 bits per heavy atom. The summed E-state index contributed by atoms with van der Waals surface area (Å²) in [6, 6.07) is 15.4. The summed E-state index contributed by atoms with van der Waals surface area (Å²) in [4.78, 5) is 24.8. The van der Waals surface area contributed by atoms with Gasteiger partial charge in [-0.3, -0.25) is 4.79 Å². The molecule has 27 heavy (non-hydrogen) atoms. The molecule has 0 fully saturated rings. The first-order valence-corrected chi connectivity index (χ1v) is 9.05. The molecule has 0 aliphatic carbocycles. The smallest absolute Gasteiger partial charge is 0.353 e. The highest BCUT2D eigenvalue weighted by Crippen LogP contribution is 2.32. The molecule has 0 radical (unpaired) electrons. The number of ketones is 1. The highest BCUT2D eigenvalue weighted by atomic mass is 32.1. The molecule has 0 spiro atoms. The fourth-order valence-electron chi connectivity index (χ4n) is 2.52. The monoisotopic (exact) mass is 378 g/mol. The molecule has 134 valence electrons. The summed E-state index contributed by atoms with van der Waals surface area (Å²) in [5.41, 5.74) is 1.34. The lowest BCUT2D eigenvalue weighted by Crippen LogP contribution is -2.06. The Bertz CT molecular complexity index is 1000. The fourth-order valence-corrected chi connectivity index (χ4v) is 3.12. The van der Waals surface area contributed by atoms with Crippen LogP contribution in [0.1, 0.15) is 25.6 Å². The molecule has 4 rings (SSSR count). The van der Waals surface area contributed by atoms with Crippen molar-refractivity contribution in [1.29, 1.82) is 0 Å². The van der Waals surface area contributed by atoms with Crippen molar-refractivity contribution in [1.82, 2.24) is 0 Å². The minimum atomic E-state index is -0.410. The molecule has 5 nitrogen and oxygen atoms in total. The molecule has 2 aromatic carbocycles. The predicted molar refractivity (Wildman–Crippen MR) is 102 cm³/mol. The van der Waals surface area contributed by atoms with Gasteiger partial charge in [0.2, 0.25) is 6.79 Å². The normalized spacial score (nSPS) is 12.3. The van der Waals surface area contributed by atoms with Crippen molar-refractivity contribution >= 4 is 29.2 Å². The van der Waals surface area contributed by atoms with E-state index in [0.717, 1.165) is 5.56 Å². The second kappa shape index (κ2) is 7.47. The molecule has 2 heterocycles. The van der Waals surface area contributed by atoms with Crippen LogP contribution in [-0.2, 0) is 0 Å². The lowest BCUT2D eigenvalue weighted by atomic mass is 10.1. The van der Waals surface area contributed by atoms with Crippen LogP contribution in [0.2, 0.25) is 0 Å². The highest BCUT2D eigenvalue weighted by molar-refractivity contribution is 7.12. The van der Waals surface area contributed by atoms with Crippen LogP contribution < -0.4 is 14.2 Å². The number of thiophene rings is 1. The Labute approximate surface area is 159 Å². The van der Waals surface area contributed by atoms with Gasteiger partial charge in [0.25, 0.3) is 0 Å². The maximum Gasteiger partial charge on any atom is 0.353 e. The van der Waals surface area contributed by atoms with Crippen molar-refractivity contribution in [2.45, 2.75) is 0 Å². The van der Waals surface area contributed by atoms with Gasteiger partial charge < -0.3 is 14.2 Å². The van der Waals surface area contributed by atoms with Crippen molar-refractivity contribution < 1.29 is 23.8 Å². The Hall–Kier alpha value is -3.38. The number of hydrogen-bond donors (Lipinski definition) is 0. The van der Waals surface area contributed by atoms with E-state index >= 15 is 0 Å². The van der Waals surface area contributed by atoms with E-state index in [1.54, 1.807) is 42.5 Å². The number of benzene rings is 2. The number of carbonyl (C=O) groups excluding carboxylic acids is 2. The van der Waals surface area contributed by atoms with Crippen molar-refractivity contribution in [2.75, 3.05) is 6.79 Å². The number of hydrogen-bond acceptors (Lipinski definition) is 6. The third-order valence-electron chi connectivity index (χ3n) is 3.90. The maximum absolute atomic E-state index is 12.3. The number of ether oxygens (including phenoxy) is 3. The first kappa shape index (κ1) is 17.1. The van der Waals surface area contributed by atoms with Gasteiger partial charge >= 0.3 is 5.97 Å². The van der Waals surface area contributed by atoms with Gasteiger partial charge in [-0.25, -0.2) is 4.79 Å². The third-order valence-corrected chi connectivity index (χ3v) is 4.75. The van der Waals surface area contributed by atoms with Crippen LogP contribution in [0.15, 0.2) is 66.1 Å². The molecule has 1 aliphatic rings. The van der Waals surface area contributed by atoms with Crippen LogP contribution in [0, 0.1) is 0 Å². The summed E-state index contributed by atoms with van der Waals surface area (Å²) in [7, 11) is 0. The van der Waals surface area contributed by atoms with Gasteiger partial charge in [0.1, 0.15) is 10.6 Å². The van der Waals surface area contributed by atoms with E-state index in [-0.39, 0.29) is 12.6 Å². The van der Waals surface area contributed by atoms with E-state index in [9.17, 15) is 9.59 Å². The fraction of sp³-hybridized carbons (Fsp3) is 0.0476. The number of carbonyl (C=O) groups is 2. The number of allylic oxidation sites excluding steroid dienone is 1. The molecule has 0 saturated heterocycles. The van der Waals surface area contributed by atoms with Gasteiger partial charge in [0.05, 0.1) is 0 Å². The summed E-state index contributed by atoms with van der Waals surface area (Å²) in [6.07, 6.45) is 3.21. The second-order valence-corrected chi connectivity index (χ2v) is 6.65. The van der Waals surface area contributed by atoms with E-state index in [1.807, 2.05) is 23.6 Å². The molecule has 1 aromatic heterocycles. The van der Waals surface area contributed by atoms with E-state index in [0.29, 0.717) is 27.7 Å². The average Bonchev–Trinajstić information content (AvgIpc) is 3.38. The van der Waals surface area contributed by atoms with E-state index in [2.05, 4.69) is 0 Å². The van der Waals surface area contributed by atoms with Crippen LogP contribution in [0.4, 0.5) is 0 Å². The van der Waals surface area contributed by atoms with Crippen LogP contribution >= 0.6 is 11.3 Å². The molecule has 1 aliphatic heterocycles. The standard InChI is InChI=1S/C21H14O5S/c22-17(9-3-14-4-10-18-19(12-14)25-13-24-18)15-5-7-16(8-6-15)26-21(23)20-2-1-11-27-20/h1-12H,13H2. The van der Waals surface area contributed by atoms with Crippen LogP contribution in [0.25, 0.3) is 6.08 Å². The number of rotatable bonds is 5. The third kappa shape index (κ3) is 3.91. The summed E-state index contributed by atoms with van der Waals surface area (Å²) in [6.45, 7) is 0.213. The first-order chi connectivity index (χ1) is 13.2. The van der Waals surface area contributed by atoms with Gasteiger partial charge in [-0.1, -0.05) is 18.2 Å². The van der Waals surface area contributed by atoms with Gasteiger partial charge in [-0.05, 0) is 59.5 Å². The quantitative estimate of drug-likeness (QED) is 0.281. The highest BCUT2D eigenvalue weighted by Gasteiger charge is 2.13. The molecular formula is C21H14O5S. The summed E-state index contributed by atoms with van der Waals surface area (Å²) in [5, 5.41) is 1.81. The first-order valence-electron chi connectivity index (χ1n) is 8.17. The van der Waals surface area contributed by atoms with Crippen LogP contribution in [0.3, 0.4) is 0 Å². The van der Waals surface area contributed by atoms with Crippen molar-refractivity contribution in [2.24, 2.45) is 0 Å². The lowest BCUT2D eigenvalue weighted by Gasteiger charge is -2.03. The average molecular weight is 378 g/mol. The summed E-state index contributed by atoms with van der Waals surface area (Å²) in [5.74, 6) is 1.20. The number of fused-ring (bicyclic) bond motifs is 1. The molecule has 6 heteroatoms. The Kier molecular flexibility index (Phi) is 4.72. The Morgan fingerprint density at radius 2 is 1.81 bits per heavy atom. The van der Waals surface area contributed by atoms with Crippen LogP contribution in [0.5, 0.6) is 17.2 Å². The molecule has 0 saturated carbocycles. The van der Waals surface area contributed by atoms with Gasteiger partial charge in [0.15, 0.2) is 17.3 Å². The molecule has 0 amide bonds. The predicted octanol–water partition coefficient (Wildman–Crippen LogP) is 4.59. The Morgan fingerprint density at radius 3 is 2.59 bits per heavy atom. The largest absolute Gasteiger partial charge is 0.454 e. The minimum Gasteiger partial charge on any atom is -0.454 e. The van der Waals surface area contributed by atoms with E-state index in [1.165, 1.54) is 17.4 Å². The van der Waals surface area contributed by atoms with Crippen molar-refractivity contribution in [3.05, 3.63) is 82.1 Å².